The second-order valence-corrected chi connectivity index (χ2v) is 7.42. The Morgan fingerprint density at radius 1 is 1.19 bits per heavy atom. The van der Waals surface area contributed by atoms with Crippen LogP contribution < -0.4 is 20.1 Å². The lowest BCUT2D eigenvalue weighted by molar-refractivity contribution is -0.0520. The van der Waals surface area contributed by atoms with Crippen LogP contribution in [0.5, 0.6) is 11.5 Å². The normalized spacial score (nSPS) is 15.5. The van der Waals surface area contributed by atoms with E-state index in [1.165, 1.54) is 25.8 Å². The molecule has 0 radical (unpaired) electrons. The van der Waals surface area contributed by atoms with Crippen LogP contribution in [0.25, 0.3) is 0 Å². The van der Waals surface area contributed by atoms with Gasteiger partial charge in [-0.3, -0.25) is 0 Å². The number of nitrogens with zero attached hydrogens (tertiary/aromatic N) is 2. The molecule has 0 amide bonds. The van der Waals surface area contributed by atoms with Gasteiger partial charge in [-0.1, -0.05) is 19.1 Å². The van der Waals surface area contributed by atoms with Gasteiger partial charge in [0.15, 0.2) is 17.5 Å². The van der Waals surface area contributed by atoms with Crippen LogP contribution in [0, 0.1) is 5.92 Å². The van der Waals surface area contributed by atoms with Crippen LogP contribution in [0.15, 0.2) is 23.2 Å². The second-order valence-electron chi connectivity index (χ2n) is 7.42. The highest BCUT2D eigenvalue weighted by Crippen LogP contribution is 2.33. The molecule has 6 nitrogen and oxygen atoms in total. The Bertz CT molecular complexity index is 656. The lowest BCUT2D eigenvalue weighted by Gasteiger charge is -2.32. The average Bonchev–Trinajstić information content (AvgIpc) is 2.73. The molecule has 0 aromatic heterocycles. The first-order chi connectivity index (χ1) is 14.6. The number of ether oxygens (including phenoxy) is 2. The summed E-state index contributed by atoms with van der Waals surface area (Å²) in [5.74, 6) is 1.65. The van der Waals surface area contributed by atoms with Gasteiger partial charge in [0.25, 0.3) is 0 Å². The van der Waals surface area contributed by atoms with Crippen LogP contribution in [0.3, 0.4) is 0 Å². The standard InChI is InChI=1S/C22H36F2N4O2.HI/c1-4-12-28-13-10-17(11-14-28)15-26-22(25-5-2)27-16-18-8-7-9-19(29-6-3)20(18)30-21(23)24;/h7-9,17,21H,4-6,10-16H2,1-3H3,(H2,25,26,27);1H. The van der Waals surface area contributed by atoms with Crippen molar-refractivity contribution in [3.63, 3.8) is 0 Å². The van der Waals surface area contributed by atoms with Gasteiger partial charge in [-0.05, 0) is 64.7 Å². The van der Waals surface area contributed by atoms with Gasteiger partial charge in [-0.15, -0.1) is 24.0 Å². The van der Waals surface area contributed by atoms with Crippen LogP contribution in [0.2, 0.25) is 0 Å². The van der Waals surface area contributed by atoms with Crippen LogP contribution in [-0.2, 0) is 6.54 Å². The van der Waals surface area contributed by atoms with E-state index < -0.39 is 6.61 Å². The number of hydrogen-bond acceptors (Lipinski definition) is 4. The number of rotatable bonds is 11. The summed E-state index contributed by atoms with van der Waals surface area (Å²) >= 11 is 0. The fraction of sp³-hybridized carbons (Fsp3) is 0.682. The predicted molar refractivity (Wildman–Crippen MR) is 132 cm³/mol. The Hall–Kier alpha value is -1.36. The molecule has 178 valence electrons. The van der Waals surface area contributed by atoms with E-state index >= 15 is 0 Å². The number of para-hydroxylation sites is 1. The summed E-state index contributed by atoms with van der Waals surface area (Å²) in [5, 5.41) is 6.64. The van der Waals surface area contributed by atoms with Crippen molar-refractivity contribution in [3.8, 4) is 11.5 Å². The minimum Gasteiger partial charge on any atom is -0.490 e. The van der Waals surface area contributed by atoms with Gasteiger partial charge < -0.3 is 25.0 Å². The molecule has 1 fully saturated rings. The predicted octanol–water partition coefficient (Wildman–Crippen LogP) is 4.48. The molecule has 2 N–H and O–H groups in total. The third-order valence-electron chi connectivity index (χ3n) is 5.12. The summed E-state index contributed by atoms with van der Waals surface area (Å²) < 4.78 is 36.0. The van der Waals surface area contributed by atoms with Crippen molar-refractivity contribution in [2.24, 2.45) is 10.9 Å². The zero-order valence-electron chi connectivity index (χ0n) is 18.8. The number of piperidine rings is 1. The third kappa shape index (κ3) is 9.76. The molecule has 1 saturated heterocycles. The fourth-order valence-corrected chi connectivity index (χ4v) is 3.66. The van der Waals surface area contributed by atoms with E-state index in [9.17, 15) is 8.78 Å². The molecule has 0 bridgehead atoms. The zero-order valence-corrected chi connectivity index (χ0v) is 21.2. The van der Waals surface area contributed by atoms with Crippen molar-refractivity contribution in [2.75, 3.05) is 39.3 Å². The molecule has 0 unspecified atom stereocenters. The number of nitrogens with one attached hydrogen (secondary N) is 2. The third-order valence-corrected chi connectivity index (χ3v) is 5.12. The Kier molecular flexibility index (Phi) is 13.8. The molecular formula is C22H37F2IN4O2. The van der Waals surface area contributed by atoms with Gasteiger partial charge in [0.2, 0.25) is 0 Å². The zero-order chi connectivity index (χ0) is 21.8. The molecule has 1 aliphatic rings. The molecule has 1 aromatic carbocycles. The van der Waals surface area contributed by atoms with Crippen LogP contribution in [0.1, 0.15) is 45.6 Å². The minimum atomic E-state index is -2.92. The molecule has 0 aliphatic carbocycles. The topological polar surface area (TPSA) is 58.1 Å². The Morgan fingerprint density at radius 3 is 2.55 bits per heavy atom. The van der Waals surface area contributed by atoms with E-state index in [1.807, 2.05) is 6.92 Å². The molecule has 1 heterocycles. The molecule has 1 aromatic rings. The summed E-state index contributed by atoms with van der Waals surface area (Å²) in [6.07, 6.45) is 3.55. The van der Waals surface area contributed by atoms with E-state index in [4.69, 9.17) is 9.47 Å². The van der Waals surface area contributed by atoms with Gasteiger partial charge >= 0.3 is 6.61 Å². The van der Waals surface area contributed by atoms with Crippen molar-refractivity contribution in [3.05, 3.63) is 23.8 Å². The quantitative estimate of drug-likeness (QED) is 0.240. The van der Waals surface area contributed by atoms with Gasteiger partial charge in [0.1, 0.15) is 0 Å². The largest absolute Gasteiger partial charge is 0.490 e. The molecule has 31 heavy (non-hydrogen) atoms. The summed E-state index contributed by atoms with van der Waals surface area (Å²) in [7, 11) is 0. The van der Waals surface area contributed by atoms with Crippen molar-refractivity contribution >= 4 is 29.9 Å². The van der Waals surface area contributed by atoms with E-state index in [-0.39, 0.29) is 36.3 Å². The summed E-state index contributed by atoms with van der Waals surface area (Å²) in [5.41, 5.74) is 0.561. The van der Waals surface area contributed by atoms with E-state index in [1.54, 1.807) is 25.1 Å². The summed E-state index contributed by atoms with van der Waals surface area (Å²) in [4.78, 5) is 7.10. The fourth-order valence-electron chi connectivity index (χ4n) is 3.66. The summed E-state index contributed by atoms with van der Waals surface area (Å²) in [6, 6.07) is 5.12. The maximum atomic E-state index is 12.9. The van der Waals surface area contributed by atoms with Crippen molar-refractivity contribution < 1.29 is 18.3 Å². The lowest BCUT2D eigenvalue weighted by Crippen LogP contribution is -2.43. The van der Waals surface area contributed by atoms with Crippen LogP contribution in [0.4, 0.5) is 8.78 Å². The first-order valence-corrected chi connectivity index (χ1v) is 11.0. The number of guanidine groups is 1. The number of hydrogen-bond donors (Lipinski definition) is 2. The Morgan fingerprint density at radius 2 is 1.94 bits per heavy atom. The van der Waals surface area contributed by atoms with Gasteiger partial charge in [0.05, 0.1) is 13.2 Å². The molecule has 0 atom stereocenters. The van der Waals surface area contributed by atoms with Crippen molar-refractivity contribution in [2.45, 2.75) is 53.2 Å². The molecule has 1 aliphatic heterocycles. The maximum absolute atomic E-state index is 12.9. The lowest BCUT2D eigenvalue weighted by atomic mass is 9.97. The Labute approximate surface area is 202 Å². The summed E-state index contributed by atoms with van der Waals surface area (Å²) in [6.45, 7) is 8.73. The average molecular weight is 554 g/mol. The highest BCUT2D eigenvalue weighted by molar-refractivity contribution is 14.0. The van der Waals surface area contributed by atoms with Crippen molar-refractivity contribution in [1.29, 1.82) is 0 Å². The highest BCUT2D eigenvalue weighted by Gasteiger charge is 2.19. The molecule has 9 heteroatoms. The van der Waals surface area contributed by atoms with E-state index in [0.29, 0.717) is 29.8 Å². The maximum Gasteiger partial charge on any atom is 0.387 e. The highest BCUT2D eigenvalue weighted by atomic mass is 127. The van der Waals surface area contributed by atoms with Crippen LogP contribution >= 0.6 is 24.0 Å². The minimum absolute atomic E-state index is 0. The van der Waals surface area contributed by atoms with E-state index in [2.05, 4.69) is 27.4 Å². The van der Waals surface area contributed by atoms with Gasteiger partial charge in [-0.2, -0.15) is 8.78 Å². The SMILES string of the molecule is CCCN1CCC(CNC(=NCc2cccc(OCC)c2OC(F)F)NCC)CC1.I. The molecule has 2 rings (SSSR count). The number of alkyl halides is 2. The Balaban J connectivity index is 0.00000480. The number of halogens is 3. The van der Waals surface area contributed by atoms with Gasteiger partial charge in [-0.25, -0.2) is 4.99 Å². The molecule has 0 saturated carbocycles. The van der Waals surface area contributed by atoms with Gasteiger partial charge in [0, 0.05) is 18.7 Å². The first-order valence-electron chi connectivity index (χ1n) is 11.0. The number of likely N-dealkylation sites (tertiary alicyclic amines) is 1. The molecule has 0 spiro atoms. The number of aliphatic imine (C=N–C) groups is 1. The smallest absolute Gasteiger partial charge is 0.387 e. The van der Waals surface area contributed by atoms with Crippen LogP contribution in [-0.4, -0.2) is 56.8 Å². The van der Waals surface area contributed by atoms with E-state index in [0.717, 1.165) is 26.2 Å². The first kappa shape index (κ1) is 27.7. The molecular weight excluding hydrogens is 517 g/mol. The van der Waals surface area contributed by atoms with Crippen molar-refractivity contribution in [1.82, 2.24) is 15.5 Å². The number of benzene rings is 1. The second kappa shape index (κ2) is 15.4. The monoisotopic (exact) mass is 554 g/mol.